The molecular formula is C15H21N3O3. The Labute approximate surface area is 124 Å². The Balaban J connectivity index is 2.15. The van der Waals surface area contributed by atoms with E-state index in [-0.39, 0.29) is 12.0 Å². The van der Waals surface area contributed by atoms with Crippen LogP contribution in [0.3, 0.4) is 0 Å². The molecule has 2 heterocycles. The van der Waals surface area contributed by atoms with E-state index in [2.05, 4.69) is 4.98 Å². The molecule has 2 amide bonds. The highest BCUT2D eigenvalue weighted by molar-refractivity contribution is 5.97. The van der Waals surface area contributed by atoms with Crippen molar-refractivity contribution in [1.29, 1.82) is 0 Å². The quantitative estimate of drug-likeness (QED) is 0.887. The van der Waals surface area contributed by atoms with E-state index in [9.17, 15) is 9.59 Å². The van der Waals surface area contributed by atoms with Crippen molar-refractivity contribution in [3.05, 3.63) is 23.9 Å². The minimum Gasteiger partial charge on any atom is -0.475 e. The molecule has 1 unspecified atom stereocenters. The van der Waals surface area contributed by atoms with Gasteiger partial charge in [-0.2, -0.15) is 0 Å². The highest BCUT2D eigenvalue weighted by Crippen LogP contribution is 2.21. The van der Waals surface area contributed by atoms with E-state index in [1.54, 1.807) is 18.3 Å². The molecule has 6 nitrogen and oxygen atoms in total. The molecule has 1 aliphatic rings. The molecule has 1 saturated heterocycles. The lowest BCUT2D eigenvalue weighted by Gasteiger charge is -2.22. The summed E-state index contributed by atoms with van der Waals surface area (Å²) in [7, 11) is 0. The van der Waals surface area contributed by atoms with E-state index in [1.165, 1.54) is 4.90 Å². The summed E-state index contributed by atoms with van der Waals surface area (Å²) in [6.07, 6.45) is 3.85. The number of amides is 2. The number of carbonyl (C=O) groups is 2. The second-order valence-corrected chi connectivity index (χ2v) is 5.28. The molecule has 1 aromatic heterocycles. The molecule has 6 heteroatoms. The minimum absolute atomic E-state index is 0.0352. The Hall–Kier alpha value is -2.11. The molecule has 2 atom stereocenters. The van der Waals surface area contributed by atoms with Gasteiger partial charge in [-0.25, -0.2) is 4.98 Å². The SMILES string of the molecule is CCC(C)Oc1cc(C(=O)N2CCC[C@H]2C(N)=O)ccn1. The maximum atomic E-state index is 12.5. The van der Waals surface area contributed by atoms with Gasteiger partial charge >= 0.3 is 0 Å². The van der Waals surface area contributed by atoms with Gasteiger partial charge in [0.25, 0.3) is 5.91 Å². The number of pyridine rings is 1. The third kappa shape index (κ3) is 3.51. The molecule has 0 aliphatic carbocycles. The first-order valence-corrected chi connectivity index (χ1v) is 7.26. The number of aromatic nitrogens is 1. The van der Waals surface area contributed by atoms with Gasteiger partial charge in [0, 0.05) is 24.4 Å². The van der Waals surface area contributed by atoms with Crippen LogP contribution in [0.2, 0.25) is 0 Å². The average molecular weight is 291 g/mol. The second kappa shape index (κ2) is 6.56. The third-order valence-electron chi connectivity index (χ3n) is 3.72. The minimum atomic E-state index is -0.510. The van der Waals surface area contributed by atoms with Crippen molar-refractivity contribution >= 4 is 11.8 Å². The lowest BCUT2D eigenvalue weighted by molar-refractivity contribution is -0.121. The van der Waals surface area contributed by atoms with Gasteiger partial charge in [-0.1, -0.05) is 6.92 Å². The van der Waals surface area contributed by atoms with Crippen LogP contribution < -0.4 is 10.5 Å². The molecule has 1 aliphatic heterocycles. The third-order valence-corrected chi connectivity index (χ3v) is 3.72. The summed E-state index contributed by atoms with van der Waals surface area (Å²) in [4.78, 5) is 29.5. The Bertz CT molecular complexity index is 533. The summed E-state index contributed by atoms with van der Waals surface area (Å²) >= 11 is 0. The van der Waals surface area contributed by atoms with Crippen LogP contribution in [0.25, 0.3) is 0 Å². The van der Waals surface area contributed by atoms with E-state index in [4.69, 9.17) is 10.5 Å². The van der Waals surface area contributed by atoms with Crippen LogP contribution in [0.4, 0.5) is 0 Å². The van der Waals surface area contributed by atoms with E-state index in [1.807, 2.05) is 13.8 Å². The van der Waals surface area contributed by atoms with E-state index < -0.39 is 11.9 Å². The van der Waals surface area contributed by atoms with Crippen molar-refractivity contribution in [1.82, 2.24) is 9.88 Å². The van der Waals surface area contributed by atoms with Gasteiger partial charge in [0.1, 0.15) is 6.04 Å². The number of hydrogen-bond donors (Lipinski definition) is 1. The second-order valence-electron chi connectivity index (χ2n) is 5.28. The van der Waals surface area contributed by atoms with Crippen LogP contribution in [0, 0.1) is 0 Å². The summed E-state index contributed by atoms with van der Waals surface area (Å²) in [6, 6.07) is 2.73. The zero-order valence-electron chi connectivity index (χ0n) is 12.4. The zero-order chi connectivity index (χ0) is 15.4. The number of likely N-dealkylation sites (tertiary alicyclic amines) is 1. The van der Waals surface area contributed by atoms with Crippen molar-refractivity contribution in [2.75, 3.05) is 6.54 Å². The molecule has 0 aromatic carbocycles. The van der Waals surface area contributed by atoms with Gasteiger partial charge in [-0.05, 0) is 32.3 Å². The standard InChI is InChI=1S/C15H21N3O3/c1-3-10(2)21-13-9-11(6-7-17-13)15(20)18-8-4-5-12(18)14(16)19/h6-7,9-10,12H,3-5,8H2,1-2H3,(H2,16,19)/t10?,12-/m0/s1. The highest BCUT2D eigenvalue weighted by atomic mass is 16.5. The summed E-state index contributed by atoms with van der Waals surface area (Å²) in [5.41, 5.74) is 5.82. The first-order chi connectivity index (χ1) is 10.0. The fourth-order valence-corrected chi connectivity index (χ4v) is 2.37. The zero-order valence-corrected chi connectivity index (χ0v) is 12.4. The lowest BCUT2D eigenvalue weighted by atomic mass is 10.2. The topological polar surface area (TPSA) is 85.5 Å². The predicted octanol–water partition coefficient (Wildman–Crippen LogP) is 1.35. The number of nitrogens with zero attached hydrogens (tertiary/aromatic N) is 2. The maximum absolute atomic E-state index is 12.5. The molecular weight excluding hydrogens is 270 g/mol. The van der Waals surface area contributed by atoms with Crippen molar-refractivity contribution < 1.29 is 14.3 Å². The van der Waals surface area contributed by atoms with Crippen molar-refractivity contribution in [3.63, 3.8) is 0 Å². The fraction of sp³-hybridized carbons (Fsp3) is 0.533. The van der Waals surface area contributed by atoms with Crippen LogP contribution in [0.1, 0.15) is 43.5 Å². The molecule has 0 bridgehead atoms. The molecule has 2 N–H and O–H groups in total. The number of primary amides is 1. The van der Waals surface area contributed by atoms with Gasteiger partial charge in [0.2, 0.25) is 11.8 Å². The number of hydrogen-bond acceptors (Lipinski definition) is 4. The van der Waals surface area contributed by atoms with Crippen molar-refractivity contribution in [3.8, 4) is 5.88 Å². The van der Waals surface area contributed by atoms with E-state index in [0.29, 0.717) is 24.4 Å². The molecule has 114 valence electrons. The van der Waals surface area contributed by atoms with Crippen LogP contribution in [-0.2, 0) is 4.79 Å². The summed E-state index contributed by atoms with van der Waals surface area (Å²) in [6.45, 7) is 4.51. The van der Waals surface area contributed by atoms with Gasteiger partial charge in [0.15, 0.2) is 0 Å². The number of rotatable bonds is 5. The molecule has 0 saturated carbocycles. The first kappa shape index (κ1) is 15.3. The number of nitrogens with two attached hydrogens (primary N) is 1. The monoisotopic (exact) mass is 291 g/mol. The summed E-state index contributed by atoms with van der Waals surface area (Å²) < 4.78 is 5.62. The summed E-state index contributed by atoms with van der Waals surface area (Å²) in [5.74, 6) is -0.233. The smallest absolute Gasteiger partial charge is 0.254 e. The number of ether oxygens (including phenoxy) is 1. The highest BCUT2D eigenvalue weighted by Gasteiger charge is 2.33. The largest absolute Gasteiger partial charge is 0.475 e. The van der Waals surface area contributed by atoms with Crippen LogP contribution in [-0.4, -0.2) is 40.4 Å². The molecule has 0 radical (unpaired) electrons. The molecule has 0 spiro atoms. The van der Waals surface area contributed by atoms with Crippen molar-refractivity contribution in [2.24, 2.45) is 5.73 Å². The molecule has 21 heavy (non-hydrogen) atoms. The first-order valence-electron chi connectivity index (χ1n) is 7.26. The van der Waals surface area contributed by atoms with Crippen LogP contribution in [0.5, 0.6) is 5.88 Å². The fourth-order valence-electron chi connectivity index (χ4n) is 2.37. The Morgan fingerprint density at radius 3 is 3.00 bits per heavy atom. The number of carbonyl (C=O) groups excluding carboxylic acids is 2. The molecule has 1 fully saturated rings. The normalized spacial score (nSPS) is 19.3. The Kier molecular flexibility index (Phi) is 4.77. The predicted molar refractivity (Wildman–Crippen MR) is 77.9 cm³/mol. The van der Waals surface area contributed by atoms with Gasteiger partial charge in [-0.15, -0.1) is 0 Å². The van der Waals surface area contributed by atoms with Crippen LogP contribution in [0.15, 0.2) is 18.3 Å². The van der Waals surface area contributed by atoms with Gasteiger partial charge < -0.3 is 15.4 Å². The van der Waals surface area contributed by atoms with Crippen LogP contribution >= 0.6 is 0 Å². The lowest BCUT2D eigenvalue weighted by Crippen LogP contribution is -2.43. The van der Waals surface area contributed by atoms with Crippen molar-refractivity contribution in [2.45, 2.75) is 45.3 Å². The van der Waals surface area contributed by atoms with E-state index >= 15 is 0 Å². The Morgan fingerprint density at radius 2 is 2.33 bits per heavy atom. The maximum Gasteiger partial charge on any atom is 0.254 e. The Morgan fingerprint density at radius 1 is 1.57 bits per heavy atom. The summed E-state index contributed by atoms with van der Waals surface area (Å²) in [5, 5.41) is 0. The van der Waals surface area contributed by atoms with Gasteiger partial charge in [-0.3, -0.25) is 9.59 Å². The van der Waals surface area contributed by atoms with E-state index in [0.717, 1.165) is 12.8 Å². The molecule has 1 aromatic rings. The molecule has 2 rings (SSSR count). The average Bonchev–Trinajstić information content (AvgIpc) is 2.96. The van der Waals surface area contributed by atoms with Gasteiger partial charge in [0.05, 0.1) is 6.10 Å².